The molecule has 26 atom stereocenters. The summed E-state index contributed by atoms with van der Waals surface area (Å²) in [6.45, 7) is 51.4. The fourth-order valence-corrected chi connectivity index (χ4v) is 24.9. The van der Waals surface area contributed by atoms with Gasteiger partial charge in [0.1, 0.15) is 115 Å². The van der Waals surface area contributed by atoms with E-state index in [2.05, 4.69) is 321 Å². The molecule has 13 aliphatic rings. The van der Waals surface area contributed by atoms with E-state index >= 15 is 0 Å². The number of benzene rings is 2. The largest absolute Gasteiger partial charge is 1.00 e. The van der Waals surface area contributed by atoms with Crippen LogP contribution in [0.4, 0.5) is 0 Å². The Balaban J connectivity index is -0.00000154. The maximum absolute atomic E-state index is 11.8. The summed E-state index contributed by atoms with van der Waals surface area (Å²) in [4.78, 5) is 23.4. The van der Waals surface area contributed by atoms with Gasteiger partial charge in [-0.1, -0.05) is 218 Å². The van der Waals surface area contributed by atoms with Gasteiger partial charge in [0.05, 0.1) is 33.5 Å². The summed E-state index contributed by atoms with van der Waals surface area (Å²) in [5, 5.41) is 95.6. The number of rotatable bonds is 15. The first-order chi connectivity index (χ1) is 65.0. The number of ether oxygens (including phenoxy) is 17. The smallest absolute Gasteiger partial charge is 1.00 e. The second-order valence-corrected chi connectivity index (χ2v) is 79.9. The van der Waals surface area contributed by atoms with Gasteiger partial charge in [0, 0.05) is 22.0 Å². The standard InChI is InChI=1S/C16H19ClSi.C10H16I2O3.C10H14I2O3.2C10H15IO3.C10H13IO3.C9H16O4.C8H14O5.C5H10O5.C4H9.CHI3.CH5P.CH4.B.Ce.3ClH.Li.Na.H/c1-16(2,3)18(17,14-10-6-4-7-11-14)15-12-8-5-9-13-15;2*1-4-6(13)9-7(5-8(11)12)14-10(2,3)15-9;1-4-10(12)7(11)5-6-8(10)14-9(2,3)13-6;2*1-4-5-6(11)7(12)9-8(5)13-10(2,3)14-9;1-4-5-6-7(8(10)11-5)13-9(2,3)12-6;1-8(2)12-5-4(3-9)11-7(10)6(5)13-8;6-1-2-3(7)4(8)5(9)10-2;1-3-4-2;2-1(3)4;1-2;;;;;;;;;/h4-13H,1-3H3;5-7,9,13H,4H2,1-3H3;5,7,9H,4H2,1-3H3;5-6,8,12H,4H2,1-3H3;7-9,12H,4H2,1-3H3;8-9H,4H2,1-3H3;5-8,10H,4H2,1-3H3;4-7,9-10H,3H2,1-2H3;2-9H,1H2;1,3-4H2,2H3;1H;2H2,1H3;1H4;;;3*1H;;;/q;;;;;;;;;-1;;;;;+3;;;;2*+1;-1/p-3/t;6?,7-,9+;7-,9+;6-,8-,10-;7-,8+,9-;8-,9+;5?,6-,7-,8?;4?,5-,6-,7?;;;;;;;;;;;;;/m.0000111............./s1/i;;;;;;;;;;;2D;;;;;;;;;. The molecule has 822 valence electrons. The van der Waals surface area contributed by atoms with Crippen LogP contribution < -0.4 is 58.8 Å². The molecule has 0 bridgehead atoms. The summed E-state index contributed by atoms with van der Waals surface area (Å²) in [5.74, 6) is -4.15. The third-order valence-electron chi connectivity index (χ3n) is 22.6. The topological polar surface area (TPSA) is 393 Å². The molecule has 2 aromatic rings. The fourth-order valence-electron chi connectivity index (χ4n) is 16.3. The van der Waals surface area contributed by atoms with Crippen molar-refractivity contribution in [3.63, 3.8) is 0 Å². The number of halogens is 14. The van der Waals surface area contributed by atoms with Crippen LogP contribution in [0.1, 0.15) is 226 Å². The van der Waals surface area contributed by atoms with Crippen LogP contribution in [-0.4, -0.2) is 293 Å². The van der Waals surface area contributed by atoms with E-state index in [9.17, 15) is 35.1 Å². The van der Waals surface area contributed by atoms with Gasteiger partial charge < -0.3 is 140 Å². The van der Waals surface area contributed by atoms with Crippen LogP contribution in [0, 0.1) is 37.6 Å². The van der Waals surface area contributed by atoms with Crippen molar-refractivity contribution in [1.82, 2.24) is 0 Å². The van der Waals surface area contributed by atoms with Crippen LogP contribution >= 0.6 is 263 Å². The molecule has 144 heavy (non-hydrogen) atoms. The van der Waals surface area contributed by atoms with Gasteiger partial charge in [-0.2, -0.15) is 17.5 Å². The second-order valence-electron chi connectivity index (χ2n) is 37.4. The van der Waals surface area contributed by atoms with Crippen LogP contribution in [0.2, 0.25) is 5.04 Å². The molecule has 3 radical (unpaired) electrons. The molecule has 0 amide bonds. The third kappa shape index (κ3) is 47.2. The summed E-state index contributed by atoms with van der Waals surface area (Å²) in [5.41, 5.74) is 16.5. The van der Waals surface area contributed by atoms with E-state index in [-0.39, 0.29) is 162 Å². The number of aliphatic hydroxyl groups excluding tert-OH is 9. The number of ketones is 2. The predicted molar refractivity (Wildman–Crippen MR) is 647 cm³/mol. The van der Waals surface area contributed by atoms with Crippen molar-refractivity contribution in [2.24, 2.45) is 0 Å². The first-order valence-corrected chi connectivity index (χ1v) is 73.0. The SMILES string of the molecule is C.CC(C)(C)[Si](Cl)(c1ccccc1)c1ccccc1.CC1(C)O[C@@H]2C(CO)OC(O)[C@@H]2O1.CCC(=O)[C@H]1OC(C)(C)O[C@H]1C=C(I)I.CCC(O)[C@H]1OC(C)(C)O[C@H]1C=C(I)I.CCC1=C(I)C(=O)[C@@H]2OC(C)(C)O[C@H]12.CCC1=C(I)[C@H](O)[C@@H]2OC(C)(C)O[C@H]12.CCC1OC(O)[C@@H]2OC(C)(C)O[C@H]12.CC[C@]1(O)C(I)=C[C@@H]2OC(C)(C)O[C@@H]21.IC(I)I.OCC1OC(O)C(O)C1O.[2H]PC.[B].[CH2-]CCC.[Cl][Ce]([Cl])[Cl].[H-].[Li+].[Na+]. The zero-order chi connectivity index (χ0) is 108. The van der Waals surface area contributed by atoms with Crippen molar-refractivity contribution in [2.45, 2.75) is 423 Å². The Morgan fingerprint density at radius 3 is 1.34 bits per heavy atom. The number of aliphatic hydroxyl groups is 10. The van der Waals surface area contributed by atoms with Crippen LogP contribution in [0.15, 0.2) is 104 Å². The Morgan fingerprint density at radius 1 is 0.576 bits per heavy atom. The summed E-state index contributed by atoms with van der Waals surface area (Å²) in [6.07, 6.45) is 0.939. The molecule has 15 rings (SSSR count). The summed E-state index contributed by atoms with van der Waals surface area (Å²) in [6, 6.07) is 21.1. The van der Waals surface area contributed by atoms with Crippen molar-refractivity contribution >= 4 is 301 Å². The summed E-state index contributed by atoms with van der Waals surface area (Å²) < 4.78 is 106. The van der Waals surface area contributed by atoms with E-state index in [1.54, 1.807) is 13.8 Å². The normalized spacial score (nSPS) is 32.4. The Hall–Kier alpha value is 7.55. The number of fused-ring (bicyclic) bond motifs is 5. The van der Waals surface area contributed by atoms with Gasteiger partial charge in [-0.05, 0) is 332 Å². The number of carbonyl (C=O) groups excluding carboxylic acids is 2. The molecule has 0 saturated carbocycles. The molecule has 49 heteroatoms. The fraction of sp³-hybridized carbons (Fsp3) is 0.737. The number of carbonyl (C=O) groups is 2. The zero-order valence-electron chi connectivity index (χ0n) is 88.3. The molecule has 10 N–H and O–H groups in total. The van der Waals surface area contributed by atoms with E-state index in [4.69, 9.17) is 131 Å². The Labute approximate surface area is 1060 Å². The molecular weight excluding hydrogens is 3260 g/mol. The van der Waals surface area contributed by atoms with Crippen LogP contribution in [-0.2, 0) is 90.1 Å². The summed E-state index contributed by atoms with van der Waals surface area (Å²) in [7, 11) is -1.90. The van der Waals surface area contributed by atoms with E-state index in [0.29, 0.717) is 28.4 Å². The molecule has 10 unspecified atom stereocenters. The minimum Gasteiger partial charge on any atom is -1.00 e. The molecule has 2 aromatic carbocycles. The minimum atomic E-state index is -2.24. The Kier molecular flexibility index (Phi) is 74.2. The van der Waals surface area contributed by atoms with Gasteiger partial charge in [-0.15, -0.1) is 9.18 Å². The van der Waals surface area contributed by atoms with E-state index < -0.39 is 165 Å². The number of hydrogen-bond acceptors (Lipinski definition) is 29. The molecule has 10 heterocycles. The minimum absolute atomic E-state index is 0. The maximum atomic E-state index is 11.8. The van der Waals surface area contributed by atoms with Gasteiger partial charge in [0.15, 0.2) is 71.3 Å². The quantitative estimate of drug-likeness (QED) is 0.0198. The van der Waals surface area contributed by atoms with E-state index in [1.807, 2.05) is 155 Å². The monoisotopic (exact) mass is 3410 g/mol. The van der Waals surface area contributed by atoms with Gasteiger partial charge in [0.25, 0.3) is 0 Å². The molecule has 10 aliphatic heterocycles. The van der Waals surface area contributed by atoms with Gasteiger partial charge in [0.2, 0.25) is 13.2 Å². The van der Waals surface area contributed by atoms with Crippen LogP contribution in [0.25, 0.3) is 0 Å². The third-order valence-corrected chi connectivity index (χ3v) is 35.2. The first kappa shape index (κ1) is 152. The Morgan fingerprint density at radius 2 is 0.951 bits per heavy atom. The van der Waals surface area contributed by atoms with Crippen molar-refractivity contribution < 1.29 is 222 Å². The molecular formula is C95H152BCeCl4I10LiNaO29PSi. The Bertz CT molecular complexity index is 4190. The summed E-state index contributed by atoms with van der Waals surface area (Å²) >= 11 is 27.2. The van der Waals surface area contributed by atoms with E-state index in [0.717, 1.165) is 45.1 Å². The molecule has 0 spiro atoms. The number of alkyl halides is 3. The first-order valence-electron chi connectivity index (χ1n) is 46.4. The predicted octanol–water partition coefficient (Wildman–Crippen LogP) is 14.5. The number of hydrogen-bond donors (Lipinski definition) is 10. The van der Waals surface area contributed by atoms with Crippen LogP contribution in [0.5, 0.6) is 0 Å². The second kappa shape index (κ2) is 70.5. The van der Waals surface area contributed by atoms with Crippen molar-refractivity contribution in [3.8, 4) is 0 Å². The average Bonchev–Trinajstić information content (AvgIpc) is 1.54. The van der Waals surface area contributed by atoms with Gasteiger partial charge >= 0.3 is 96.0 Å². The molecule has 10 fully saturated rings. The average molecular weight is 3410 g/mol. The van der Waals surface area contributed by atoms with Crippen molar-refractivity contribution in [3.05, 3.63) is 111 Å². The number of unbranched alkanes of at least 4 members (excludes halogenated alkanes) is 1. The maximum Gasteiger partial charge on any atom is 1.00 e. The number of Topliss-reactive ketones (excluding diaryl/α,β-unsaturated/α-hetero) is 2. The van der Waals surface area contributed by atoms with Gasteiger partial charge in [-0.3, -0.25) is 9.59 Å². The van der Waals surface area contributed by atoms with Crippen molar-refractivity contribution in [2.75, 3.05) is 19.9 Å². The molecule has 3 aliphatic carbocycles. The van der Waals surface area contributed by atoms with Crippen molar-refractivity contribution in [1.29, 1.82) is 1.28 Å². The zero-order valence-corrected chi connectivity index (χ0v) is 118. The van der Waals surface area contributed by atoms with Crippen LogP contribution in [0.3, 0.4) is 0 Å². The molecule has 29 nitrogen and oxygen atoms in total. The molecule has 10 saturated heterocycles. The van der Waals surface area contributed by atoms with Gasteiger partial charge in [-0.25, -0.2) is 0 Å². The van der Waals surface area contributed by atoms with E-state index in [1.165, 1.54) is 22.4 Å². The molecule has 0 aromatic heterocycles.